The van der Waals surface area contributed by atoms with Gasteiger partial charge < -0.3 is 14.8 Å². The Morgan fingerprint density at radius 3 is 2.35 bits per heavy atom. The summed E-state index contributed by atoms with van der Waals surface area (Å²) in [5, 5.41) is 4.96. The van der Waals surface area contributed by atoms with Crippen molar-refractivity contribution in [2.24, 2.45) is 0 Å². The number of amides is 1. The van der Waals surface area contributed by atoms with Gasteiger partial charge in [0.2, 0.25) is 10.0 Å². The van der Waals surface area contributed by atoms with Gasteiger partial charge in [0.15, 0.2) is 6.10 Å². The Bertz CT molecular complexity index is 1220. The monoisotopic (exact) mass is 482 g/mol. The quantitative estimate of drug-likeness (QED) is 0.467. The van der Waals surface area contributed by atoms with Crippen LogP contribution in [0, 0.1) is 0 Å². The molecule has 1 atom stereocenters. The molecular formula is C26H30N2O5S. The summed E-state index contributed by atoms with van der Waals surface area (Å²) < 4.78 is 38.4. The molecular weight excluding hydrogens is 452 g/mol. The van der Waals surface area contributed by atoms with Gasteiger partial charge in [0.05, 0.1) is 11.4 Å². The number of fused-ring (bicyclic) bond motifs is 1. The summed E-state index contributed by atoms with van der Waals surface area (Å²) in [6.07, 6.45) is 2.22. The summed E-state index contributed by atoms with van der Waals surface area (Å²) in [4.78, 5) is 12.6. The van der Waals surface area contributed by atoms with E-state index in [-0.39, 0.29) is 17.4 Å². The van der Waals surface area contributed by atoms with Crippen molar-refractivity contribution in [2.45, 2.75) is 37.2 Å². The first-order valence-corrected chi connectivity index (χ1v) is 13.0. The van der Waals surface area contributed by atoms with Gasteiger partial charge in [-0.25, -0.2) is 8.42 Å². The van der Waals surface area contributed by atoms with Gasteiger partial charge in [-0.15, -0.1) is 0 Å². The van der Waals surface area contributed by atoms with Gasteiger partial charge in [-0.3, -0.25) is 4.79 Å². The topological polar surface area (TPSA) is 84.9 Å². The van der Waals surface area contributed by atoms with Crippen molar-refractivity contribution in [3.05, 3.63) is 66.7 Å². The summed E-state index contributed by atoms with van der Waals surface area (Å²) in [5.41, 5.74) is 0. The zero-order valence-electron chi connectivity index (χ0n) is 19.3. The van der Waals surface area contributed by atoms with E-state index in [0.717, 1.165) is 30.0 Å². The largest absolute Gasteiger partial charge is 0.492 e. The molecule has 0 saturated carbocycles. The molecule has 0 bridgehead atoms. The summed E-state index contributed by atoms with van der Waals surface area (Å²) in [7, 11) is -3.46. The van der Waals surface area contributed by atoms with Gasteiger partial charge in [-0.1, -0.05) is 36.8 Å². The van der Waals surface area contributed by atoms with E-state index in [4.69, 9.17) is 9.47 Å². The number of sulfonamides is 1. The van der Waals surface area contributed by atoms with E-state index in [2.05, 4.69) is 5.32 Å². The summed E-state index contributed by atoms with van der Waals surface area (Å²) in [6.45, 7) is 3.41. The maximum Gasteiger partial charge on any atom is 0.260 e. The van der Waals surface area contributed by atoms with E-state index in [1.807, 2.05) is 42.5 Å². The average molecular weight is 483 g/mol. The van der Waals surface area contributed by atoms with Crippen LogP contribution in [0.5, 0.6) is 11.5 Å². The van der Waals surface area contributed by atoms with E-state index < -0.39 is 16.1 Å². The van der Waals surface area contributed by atoms with Gasteiger partial charge in [0.25, 0.3) is 5.91 Å². The number of carbonyl (C=O) groups is 1. The van der Waals surface area contributed by atoms with Gasteiger partial charge in [0.1, 0.15) is 18.1 Å². The van der Waals surface area contributed by atoms with E-state index >= 15 is 0 Å². The van der Waals surface area contributed by atoms with Gasteiger partial charge in [0, 0.05) is 13.1 Å². The number of carbonyl (C=O) groups excluding carboxylic acids is 1. The van der Waals surface area contributed by atoms with Crippen LogP contribution in [0.25, 0.3) is 10.8 Å². The zero-order chi connectivity index (χ0) is 24.0. The minimum atomic E-state index is -3.46. The molecule has 1 amide bonds. The molecule has 0 spiro atoms. The molecule has 3 aromatic carbocycles. The van der Waals surface area contributed by atoms with E-state index in [9.17, 15) is 13.2 Å². The second-order valence-corrected chi connectivity index (χ2v) is 10.3. The number of nitrogens with zero attached hydrogens (tertiary/aromatic N) is 1. The number of benzene rings is 3. The summed E-state index contributed by atoms with van der Waals surface area (Å²) in [6, 6.07) is 20.1. The molecule has 1 saturated heterocycles. The first-order chi connectivity index (χ1) is 16.4. The van der Waals surface area contributed by atoms with Crippen LogP contribution in [0.2, 0.25) is 0 Å². The third-order valence-electron chi connectivity index (χ3n) is 5.85. The highest BCUT2D eigenvalue weighted by Gasteiger charge is 2.25. The van der Waals surface area contributed by atoms with Crippen molar-refractivity contribution in [3.8, 4) is 11.5 Å². The number of rotatable bonds is 9. The SMILES string of the molecule is C[C@@H](Oc1ccc2ccccc2c1)C(=O)NCCOc1ccc(S(=O)(=O)N2CCCCC2)cc1. The lowest BCUT2D eigenvalue weighted by Gasteiger charge is -2.25. The van der Waals surface area contributed by atoms with Crippen LogP contribution >= 0.6 is 0 Å². The molecule has 0 radical (unpaired) electrons. The molecule has 1 fully saturated rings. The molecule has 4 rings (SSSR count). The molecule has 180 valence electrons. The van der Waals surface area contributed by atoms with Crippen molar-refractivity contribution >= 4 is 26.7 Å². The van der Waals surface area contributed by atoms with Crippen LogP contribution in [0.15, 0.2) is 71.6 Å². The minimum Gasteiger partial charge on any atom is -0.492 e. The highest BCUT2D eigenvalue weighted by Crippen LogP contribution is 2.23. The van der Waals surface area contributed by atoms with E-state index in [1.54, 1.807) is 35.5 Å². The molecule has 3 aromatic rings. The fraction of sp³-hybridized carbons (Fsp3) is 0.346. The summed E-state index contributed by atoms with van der Waals surface area (Å²) in [5.74, 6) is 0.948. The molecule has 7 nitrogen and oxygen atoms in total. The van der Waals surface area contributed by atoms with Crippen molar-refractivity contribution in [1.82, 2.24) is 9.62 Å². The highest BCUT2D eigenvalue weighted by molar-refractivity contribution is 7.89. The van der Waals surface area contributed by atoms with Crippen LogP contribution in [0.4, 0.5) is 0 Å². The Balaban J connectivity index is 1.22. The lowest BCUT2D eigenvalue weighted by atomic mass is 10.1. The average Bonchev–Trinajstić information content (AvgIpc) is 2.87. The number of piperidine rings is 1. The summed E-state index contributed by atoms with van der Waals surface area (Å²) >= 11 is 0. The molecule has 0 unspecified atom stereocenters. The number of hydrogen-bond donors (Lipinski definition) is 1. The predicted octanol–water partition coefficient (Wildman–Crippen LogP) is 3.98. The lowest BCUT2D eigenvalue weighted by Crippen LogP contribution is -2.38. The maximum absolute atomic E-state index is 12.7. The standard InChI is InChI=1S/C26H30N2O5S/c1-20(33-24-10-9-21-7-3-4-8-22(21)19-24)26(29)27-15-18-32-23-11-13-25(14-12-23)34(30,31)28-16-5-2-6-17-28/h3-4,7-14,19-20H,2,5-6,15-18H2,1H3,(H,27,29)/t20-/m1/s1. The molecule has 34 heavy (non-hydrogen) atoms. The van der Waals surface area contributed by atoms with Gasteiger partial charge in [-0.2, -0.15) is 4.31 Å². The molecule has 1 aliphatic heterocycles. The lowest BCUT2D eigenvalue weighted by molar-refractivity contribution is -0.127. The number of ether oxygens (including phenoxy) is 2. The molecule has 1 N–H and O–H groups in total. The Morgan fingerprint density at radius 1 is 0.941 bits per heavy atom. The smallest absolute Gasteiger partial charge is 0.260 e. The first-order valence-electron chi connectivity index (χ1n) is 11.6. The van der Waals surface area contributed by atoms with Crippen LogP contribution in [-0.4, -0.2) is 51.0 Å². The third-order valence-corrected chi connectivity index (χ3v) is 7.76. The van der Waals surface area contributed by atoms with Crippen molar-refractivity contribution in [2.75, 3.05) is 26.2 Å². The van der Waals surface area contributed by atoms with Gasteiger partial charge in [-0.05, 0) is 66.9 Å². The van der Waals surface area contributed by atoms with E-state index in [0.29, 0.717) is 31.1 Å². The first kappa shape index (κ1) is 24.0. The second-order valence-electron chi connectivity index (χ2n) is 8.34. The van der Waals surface area contributed by atoms with Crippen LogP contribution in [-0.2, 0) is 14.8 Å². The molecule has 1 heterocycles. The maximum atomic E-state index is 12.7. The molecule has 0 aromatic heterocycles. The Kier molecular flexibility index (Phi) is 7.70. The number of nitrogens with one attached hydrogen (secondary N) is 1. The third kappa shape index (κ3) is 5.87. The molecule has 8 heteroatoms. The van der Waals surface area contributed by atoms with E-state index in [1.165, 1.54) is 0 Å². The van der Waals surface area contributed by atoms with Gasteiger partial charge >= 0.3 is 0 Å². The molecule has 1 aliphatic rings. The fourth-order valence-corrected chi connectivity index (χ4v) is 5.46. The Labute approximate surface area is 200 Å². The number of hydrogen-bond acceptors (Lipinski definition) is 5. The van der Waals surface area contributed by atoms with Crippen molar-refractivity contribution in [3.63, 3.8) is 0 Å². The minimum absolute atomic E-state index is 0.236. The Morgan fingerprint density at radius 2 is 1.62 bits per heavy atom. The van der Waals surface area contributed by atoms with Crippen molar-refractivity contribution in [1.29, 1.82) is 0 Å². The Hall–Kier alpha value is -3.10. The second kappa shape index (κ2) is 10.9. The predicted molar refractivity (Wildman–Crippen MR) is 132 cm³/mol. The van der Waals surface area contributed by atoms with Crippen LogP contribution < -0.4 is 14.8 Å². The fourth-order valence-electron chi connectivity index (χ4n) is 3.95. The van der Waals surface area contributed by atoms with Crippen LogP contribution in [0.3, 0.4) is 0 Å². The zero-order valence-corrected chi connectivity index (χ0v) is 20.1. The normalized spacial score (nSPS) is 15.6. The highest BCUT2D eigenvalue weighted by atomic mass is 32.2. The van der Waals surface area contributed by atoms with Crippen LogP contribution in [0.1, 0.15) is 26.2 Å². The molecule has 0 aliphatic carbocycles. The van der Waals surface area contributed by atoms with Crippen molar-refractivity contribution < 1.29 is 22.7 Å².